The molecule has 1 aromatic rings. The molecule has 1 rings (SSSR count). The fourth-order valence-corrected chi connectivity index (χ4v) is 1.75. The van der Waals surface area contributed by atoms with E-state index >= 15 is 0 Å². The van der Waals surface area contributed by atoms with Crippen LogP contribution in [0.15, 0.2) is 11.4 Å². The Labute approximate surface area is 102 Å². The molecule has 2 N–H and O–H groups in total. The number of carbonyl (C=O) groups is 2. The summed E-state index contributed by atoms with van der Waals surface area (Å²) in [6, 6.07) is 1.54. The SMILES string of the molecule is COCCOCC(=O)Nc1ccsc1C(=O)O. The minimum Gasteiger partial charge on any atom is -0.477 e. The number of ether oxygens (including phenoxy) is 2. The number of hydrogen-bond acceptors (Lipinski definition) is 5. The summed E-state index contributed by atoms with van der Waals surface area (Å²) in [5.41, 5.74) is 0.294. The second kappa shape index (κ2) is 7.00. The lowest BCUT2D eigenvalue weighted by molar-refractivity contribution is -0.121. The number of amides is 1. The van der Waals surface area contributed by atoms with Crippen molar-refractivity contribution in [3.63, 3.8) is 0 Å². The van der Waals surface area contributed by atoms with Crippen molar-refractivity contribution in [1.82, 2.24) is 0 Å². The molecule has 0 aliphatic carbocycles. The van der Waals surface area contributed by atoms with E-state index in [1.807, 2.05) is 0 Å². The summed E-state index contributed by atoms with van der Waals surface area (Å²) in [5, 5.41) is 12.9. The molecule has 17 heavy (non-hydrogen) atoms. The van der Waals surface area contributed by atoms with Crippen LogP contribution in [0.25, 0.3) is 0 Å². The van der Waals surface area contributed by atoms with Gasteiger partial charge >= 0.3 is 5.97 Å². The molecular weight excluding hydrogens is 246 g/mol. The number of hydrogen-bond donors (Lipinski definition) is 2. The quantitative estimate of drug-likeness (QED) is 0.715. The zero-order chi connectivity index (χ0) is 12.7. The molecule has 6 nitrogen and oxygen atoms in total. The Kier molecular flexibility index (Phi) is 5.61. The molecular formula is C10H13NO5S. The lowest BCUT2D eigenvalue weighted by atomic mass is 10.4. The standard InChI is InChI=1S/C10H13NO5S/c1-15-3-4-16-6-8(12)11-7-2-5-17-9(7)10(13)14/h2,5H,3-4,6H2,1H3,(H,11,12)(H,13,14). The molecule has 0 aliphatic heterocycles. The first kappa shape index (κ1) is 13.6. The molecule has 0 spiro atoms. The largest absolute Gasteiger partial charge is 0.477 e. The van der Waals surface area contributed by atoms with Gasteiger partial charge in [0.25, 0.3) is 0 Å². The summed E-state index contributed by atoms with van der Waals surface area (Å²) in [7, 11) is 1.54. The Bertz CT molecular complexity index is 390. The van der Waals surface area contributed by atoms with E-state index in [-0.39, 0.29) is 17.4 Å². The molecule has 94 valence electrons. The predicted molar refractivity (Wildman–Crippen MR) is 62.6 cm³/mol. The number of anilines is 1. The zero-order valence-corrected chi connectivity index (χ0v) is 10.1. The van der Waals surface area contributed by atoms with Crippen LogP contribution in [0.2, 0.25) is 0 Å². The summed E-state index contributed by atoms with van der Waals surface area (Å²) >= 11 is 1.06. The third-order valence-corrected chi connectivity index (χ3v) is 2.70. The molecule has 0 saturated heterocycles. The third-order valence-electron chi connectivity index (χ3n) is 1.80. The first-order valence-corrected chi connectivity index (χ1v) is 5.70. The van der Waals surface area contributed by atoms with E-state index < -0.39 is 5.97 Å². The van der Waals surface area contributed by atoms with Crippen LogP contribution in [-0.4, -0.2) is 43.9 Å². The highest BCUT2D eigenvalue weighted by atomic mass is 32.1. The Hall–Kier alpha value is -1.44. The van der Waals surface area contributed by atoms with Gasteiger partial charge in [-0.2, -0.15) is 0 Å². The Morgan fingerprint density at radius 2 is 2.24 bits per heavy atom. The fraction of sp³-hybridized carbons (Fsp3) is 0.400. The van der Waals surface area contributed by atoms with Crippen molar-refractivity contribution in [2.24, 2.45) is 0 Å². The number of carboxylic acids is 1. The summed E-state index contributed by atoms with van der Waals surface area (Å²) < 4.78 is 9.75. The van der Waals surface area contributed by atoms with E-state index in [4.69, 9.17) is 14.6 Å². The van der Waals surface area contributed by atoms with Crippen LogP contribution in [0, 0.1) is 0 Å². The molecule has 0 bridgehead atoms. The first-order valence-electron chi connectivity index (χ1n) is 4.82. The smallest absolute Gasteiger partial charge is 0.348 e. The van der Waals surface area contributed by atoms with Crippen LogP contribution in [0.5, 0.6) is 0 Å². The Balaban J connectivity index is 2.40. The van der Waals surface area contributed by atoms with Crippen LogP contribution in [0.3, 0.4) is 0 Å². The van der Waals surface area contributed by atoms with Gasteiger partial charge in [-0.3, -0.25) is 4.79 Å². The van der Waals surface area contributed by atoms with Gasteiger partial charge in [0.2, 0.25) is 5.91 Å². The number of carbonyl (C=O) groups excluding carboxylic acids is 1. The molecule has 0 fully saturated rings. The molecule has 0 aromatic carbocycles. The lowest BCUT2D eigenvalue weighted by Crippen LogP contribution is -2.20. The number of methoxy groups -OCH3 is 1. The summed E-state index contributed by atoms with van der Waals surface area (Å²) in [6.07, 6.45) is 0. The van der Waals surface area contributed by atoms with Crippen molar-refractivity contribution in [3.05, 3.63) is 16.3 Å². The van der Waals surface area contributed by atoms with Crippen molar-refractivity contribution in [2.45, 2.75) is 0 Å². The van der Waals surface area contributed by atoms with E-state index in [2.05, 4.69) is 5.32 Å². The lowest BCUT2D eigenvalue weighted by Gasteiger charge is -2.05. The maximum atomic E-state index is 11.4. The molecule has 0 radical (unpaired) electrons. The van der Waals surface area contributed by atoms with E-state index in [1.54, 1.807) is 11.4 Å². The van der Waals surface area contributed by atoms with Crippen LogP contribution in [0.4, 0.5) is 5.69 Å². The molecule has 1 aromatic heterocycles. The highest BCUT2D eigenvalue weighted by Gasteiger charge is 2.13. The number of aromatic carboxylic acids is 1. The number of thiophene rings is 1. The minimum absolute atomic E-state index is 0.107. The second-order valence-electron chi connectivity index (χ2n) is 3.06. The fourth-order valence-electron chi connectivity index (χ4n) is 1.07. The molecule has 0 saturated carbocycles. The number of nitrogens with one attached hydrogen (secondary N) is 1. The summed E-state index contributed by atoms with van der Waals surface area (Å²) in [6.45, 7) is 0.601. The van der Waals surface area contributed by atoms with E-state index in [0.29, 0.717) is 18.9 Å². The highest BCUT2D eigenvalue weighted by Crippen LogP contribution is 2.21. The predicted octanol–water partition coefficient (Wildman–Crippen LogP) is 1.05. The van der Waals surface area contributed by atoms with E-state index in [0.717, 1.165) is 11.3 Å². The molecule has 1 heterocycles. The average molecular weight is 259 g/mol. The number of carboxylic acid groups (broad SMARTS) is 1. The van der Waals surface area contributed by atoms with Crippen molar-refractivity contribution < 1.29 is 24.2 Å². The molecule has 0 unspecified atom stereocenters. The van der Waals surface area contributed by atoms with Gasteiger partial charge in [0.05, 0.1) is 18.9 Å². The van der Waals surface area contributed by atoms with Gasteiger partial charge in [-0.15, -0.1) is 11.3 Å². The normalized spacial score (nSPS) is 10.2. The number of rotatable bonds is 7. The highest BCUT2D eigenvalue weighted by molar-refractivity contribution is 7.12. The van der Waals surface area contributed by atoms with Crippen molar-refractivity contribution in [2.75, 3.05) is 32.2 Å². The van der Waals surface area contributed by atoms with Crippen LogP contribution < -0.4 is 5.32 Å². The molecule has 0 atom stereocenters. The van der Waals surface area contributed by atoms with Gasteiger partial charge in [0.15, 0.2) is 0 Å². The Morgan fingerprint density at radius 3 is 2.88 bits per heavy atom. The Morgan fingerprint density at radius 1 is 1.47 bits per heavy atom. The van der Waals surface area contributed by atoms with Gasteiger partial charge in [0, 0.05) is 7.11 Å². The second-order valence-corrected chi connectivity index (χ2v) is 3.98. The summed E-state index contributed by atoms with van der Waals surface area (Å²) in [4.78, 5) is 22.3. The average Bonchev–Trinajstić information content (AvgIpc) is 2.72. The van der Waals surface area contributed by atoms with Crippen LogP contribution in [-0.2, 0) is 14.3 Å². The van der Waals surface area contributed by atoms with Gasteiger partial charge < -0.3 is 19.9 Å². The van der Waals surface area contributed by atoms with E-state index in [9.17, 15) is 9.59 Å². The maximum Gasteiger partial charge on any atom is 0.348 e. The summed E-state index contributed by atoms with van der Waals surface area (Å²) in [5.74, 6) is -1.45. The van der Waals surface area contributed by atoms with Gasteiger partial charge in [-0.05, 0) is 11.4 Å². The monoisotopic (exact) mass is 259 g/mol. The van der Waals surface area contributed by atoms with Crippen molar-refractivity contribution in [1.29, 1.82) is 0 Å². The van der Waals surface area contributed by atoms with Crippen LogP contribution in [0.1, 0.15) is 9.67 Å². The molecule has 0 aliphatic rings. The zero-order valence-electron chi connectivity index (χ0n) is 9.26. The molecule has 7 heteroatoms. The topological polar surface area (TPSA) is 84.9 Å². The van der Waals surface area contributed by atoms with Gasteiger partial charge in [-0.1, -0.05) is 0 Å². The minimum atomic E-state index is -1.06. The first-order chi connectivity index (χ1) is 8.15. The van der Waals surface area contributed by atoms with Crippen molar-refractivity contribution >= 4 is 28.9 Å². The third kappa shape index (κ3) is 4.51. The van der Waals surface area contributed by atoms with Gasteiger partial charge in [0.1, 0.15) is 11.5 Å². The van der Waals surface area contributed by atoms with Crippen LogP contribution >= 0.6 is 11.3 Å². The van der Waals surface area contributed by atoms with Crippen molar-refractivity contribution in [3.8, 4) is 0 Å². The molecule has 1 amide bonds. The van der Waals surface area contributed by atoms with E-state index in [1.165, 1.54) is 7.11 Å². The maximum absolute atomic E-state index is 11.4. The van der Waals surface area contributed by atoms with Gasteiger partial charge in [-0.25, -0.2) is 4.79 Å².